The lowest BCUT2D eigenvalue weighted by atomic mass is 10.1. The zero-order valence-corrected chi connectivity index (χ0v) is 22.7. The first-order valence-corrected chi connectivity index (χ1v) is 14.0. The average Bonchev–Trinajstić information content (AvgIpc) is 2.86. The molecule has 0 saturated heterocycles. The Balaban J connectivity index is 2.47. The highest BCUT2D eigenvalue weighted by atomic mass is 32.2. The van der Waals surface area contributed by atoms with Crippen molar-refractivity contribution in [2.24, 2.45) is 0 Å². The minimum Gasteiger partial charge on any atom is -0.497 e. The predicted octanol–water partition coefficient (Wildman–Crippen LogP) is 4.20. The van der Waals surface area contributed by atoms with Gasteiger partial charge in [0.15, 0.2) is 0 Å². The molecule has 12 heteroatoms. The first-order valence-electron chi connectivity index (χ1n) is 12.2. The molecule has 0 radical (unpaired) electrons. The Bertz CT molecular complexity index is 1200. The Kier molecular flexibility index (Phi) is 11.0. The molecule has 2 aromatic carbocycles. The average molecular weight is 558 g/mol. The number of methoxy groups -OCH3 is 1. The number of carbonyl (C=O) groups excluding carboxylic acids is 2. The van der Waals surface area contributed by atoms with Crippen LogP contribution in [-0.2, 0) is 32.3 Å². The number of nitrogens with zero attached hydrogens (tertiary/aromatic N) is 2. The van der Waals surface area contributed by atoms with E-state index in [2.05, 4.69) is 5.32 Å². The first-order chi connectivity index (χ1) is 17.8. The van der Waals surface area contributed by atoms with Gasteiger partial charge in [0.1, 0.15) is 18.3 Å². The summed E-state index contributed by atoms with van der Waals surface area (Å²) in [4.78, 5) is 27.9. The number of halogens is 3. The van der Waals surface area contributed by atoms with E-state index >= 15 is 0 Å². The van der Waals surface area contributed by atoms with E-state index in [1.54, 1.807) is 31.2 Å². The number of hydrogen-bond donors (Lipinski definition) is 1. The fourth-order valence-corrected chi connectivity index (χ4v) is 4.69. The van der Waals surface area contributed by atoms with Crippen molar-refractivity contribution >= 4 is 27.5 Å². The molecule has 2 amide bonds. The maximum absolute atomic E-state index is 13.6. The van der Waals surface area contributed by atoms with Crippen LogP contribution in [0.15, 0.2) is 48.5 Å². The Morgan fingerprint density at radius 2 is 1.76 bits per heavy atom. The van der Waals surface area contributed by atoms with Crippen LogP contribution in [0, 0.1) is 0 Å². The minimum atomic E-state index is -4.70. The van der Waals surface area contributed by atoms with E-state index in [9.17, 15) is 31.2 Å². The fourth-order valence-electron chi connectivity index (χ4n) is 3.84. The van der Waals surface area contributed by atoms with Gasteiger partial charge in [0.25, 0.3) is 0 Å². The van der Waals surface area contributed by atoms with Gasteiger partial charge in [-0.25, -0.2) is 8.42 Å². The van der Waals surface area contributed by atoms with E-state index < -0.39 is 46.2 Å². The predicted molar refractivity (Wildman–Crippen MR) is 139 cm³/mol. The van der Waals surface area contributed by atoms with Gasteiger partial charge in [-0.2, -0.15) is 13.2 Å². The number of anilines is 1. The normalized spacial score (nSPS) is 12.5. The fraction of sp³-hybridized carbons (Fsp3) is 0.462. The van der Waals surface area contributed by atoms with E-state index in [-0.39, 0.29) is 18.7 Å². The standard InChI is InChI=1S/C26H34F3N3O5S/c1-5-7-14-30-25(34)23(6-2)31(17-19-10-8-13-22(15-19)37-3)24(33)18-32(38(4,35)36)21-12-9-11-20(16-21)26(27,28)29/h8-13,15-16,23H,5-7,14,17-18H2,1-4H3,(H,30,34)/t23-/m1/s1. The van der Waals surface area contributed by atoms with E-state index in [0.29, 0.717) is 28.2 Å². The summed E-state index contributed by atoms with van der Waals surface area (Å²) in [5, 5.41) is 2.80. The summed E-state index contributed by atoms with van der Waals surface area (Å²) >= 11 is 0. The Morgan fingerprint density at radius 1 is 1.08 bits per heavy atom. The molecule has 1 N–H and O–H groups in total. The van der Waals surface area contributed by atoms with Gasteiger partial charge in [0, 0.05) is 13.1 Å². The molecule has 0 fully saturated rings. The first kappa shape index (κ1) is 30.9. The molecular formula is C26H34F3N3O5S. The van der Waals surface area contributed by atoms with E-state index in [1.807, 2.05) is 6.92 Å². The highest BCUT2D eigenvalue weighted by molar-refractivity contribution is 7.92. The number of benzene rings is 2. The number of amides is 2. The van der Waals surface area contributed by atoms with Gasteiger partial charge in [-0.1, -0.05) is 38.5 Å². The van der Waals surface area contributed by atoms with Crippen molar-refractivity contribution in [3.05, 3.63) is 59.7 Å². The van der Waals surface area contributed by atoms with Gasteiger partial charge in [-0.3, -0.25) is 13.9 Å². The molecule has 0 saturated carbocycles. The van der Waals surface area contributed by atoms with Crippen LogP contribution in [0.5, 0.6) is 5.75 Å². The molecule has 2 rings (SSSR count). The number of carbonyl (C=O) groups is 2. The second-order valence-corrected chi connectivity index (χ2v) is 10.7. The van der Waals surface area contributed by atoms with Gasteiger partial charge in [-0.05, 0) is 48.7 Å². The van der Waals surface area contributed by atoms with Crippen molar-refractivity contribution in [2.75, 3.05) is 30.8 Å². The van der Waals surface area contributed by atoms with Crippen LogP contribution in [0.4, 0.5) is 18.9 Å². The summed E-state index contributed by atoms with van der Waals surface area (Å²) in [6.07, 6.45) is -2.07. The lowest BCUT2D eigenvalue weighted by Gasteiger charge is -2.33. The van der Waals surface area contributed by atoms with Crippen LogP contribution in [0.2, 0.25) is 0 Å². The van der Waals surface area contributed by atoms with Gasteiger partial charge in [0.2, 0.25) is 21.8 Å². The maximum atomic E-state index is 13.6. The molecule has 38 heavy (non-hydrogen) atoms. The highest BCUT2D eigenvalue weighted by Gasteiger charge is 2.34. The molecule has 1 atom stereocenters. The Morgan fingerprint density at radius 3 is 2.34 bits per heavy atom. The zero-order valence-electron chi connectivity index (χ0n) is 21.9. The van der Waals surface area contributed by atoms with Gasteiger partial charge < -0.3 is 15.0 Å². The van der Waals surface area contributed by atoms with Crippen LogP contribution < -0.4 is 14.4 Å². The molecule has 0 bridgehead atoms. The van der Waals surface area contributed by atoms with Gasteiger partial charge in [0.05, 0.1) is 24.6 Å². The molecule has 8 nitrogen and oxygen atoms in total. The zero-order chi connectivity index (χ0) is 28.5. The summed E-state index contributed by atoms with van der Waals surface area (Å²) in [6.45, 7) is 3.26. The number of sulfonamides is 1. The number of ether oxygens (including phenoxy) is 1. The third kappa shape index (κ3) is 8.64. The van der Waals surface area contributed by atoms with Gasteiger partial charge >= 0.3 is 6.18 Å². The molecule has 2 aromatic rings. The molecule has 0 aliphatic carbocycles. The monoisotopic (exact) mass is 557 g/mol. The maximum Gasteiger partial charge on any atom is 0.416 e. The highest BCUT2D eigenvalue weighted by Crippen LogP contribution is 2.32. The lowest BCUT2D eigenvalue weighted by molar-refractivity contribution is -0.140. The minimum absolute atomic E-state index is 0.0457. The van der Waals surface area contributed by atoms with Crippen molar-refractivity contribution in [2.45, 2.75) is 51.9 Å². The number of rotatable bonds is 13. The second-order valence-electron chi connectivity index (χ2n) is 8.76. The largest absolute Gasteiger partial charge is 0.497 e. The Hall–Kier alpha value is -3.28. The second kappa shape index (κ2) is 13.5. The lowest BCUT2D eigenvalue weighted by Crippen LogP contribution is -2.52. The van der Waals surface area contributed by atoms with Crippen LogP contribution >= 0.6 is 0 Å². The number of unbranched alkanes of at least 4 members (excludes halogenated alkanes) is 1. The molecule has 0 aromatic heterocycles. The quantitative estimate of drug-likeness (QED) is 0.373. The molecular weight excluding hydrogens is 523 g/mol. The number of alkyl halides is 3. The topological polar surface area (TPSA) is 96.0 Å². The van der Waals surface area contributed by atoms with Crippen LogP contribution in [-0.4, -0.2) is 57.6 Å². The third-order valence-electron chi connectivity index (χ3n) is 5.84. The van der Waals surface area contributed by atoms with E-state index in [0.717, 1.165) is 31.2 Å². The molecule has 0 aliphatic rings. The van der Waals surface area contributed by atoms with Crippen LogP contribution in [0.25, 0.3) is 0 Å². The Labute approximate surface area is 221 Å². The summed E-state index contributed by atoms with van der Waals surface area (Å²) in [7, 11) is -2.68. The molecule has 210 valence electrons. The SMILES string of the molecule is CCCCNC(=O)[C@@H](CC)N(Cc1cccc(OC)c1)C(=O)CN(c1cccc(C(F)(F)F)c1)S(C)(=O)=O. The number of hydrogen-bond acceptors (Lipinski definition) is 5. The molecule has 0 aliphatic heterocycles. The summed E-state index contributed by atoms with van der Waals surface area (Å²) in [5.74, 6) is -0.618. The van der Waals surface area contributed by atoms with Crippen molar-refractivity contribution in [1.82, 2.24) is 10.2 Å². The number of nitrogens with one attached hydrogen (secondary N) is 1. The summed E-state index contributed by atoms with van der Waals surface area (Å²) in [6, 6.07) is 9.65. The van der Waals surface area contributed by atoms with Crippen molar-refractivity contribution in [1.29, 1.82) is 0 Å². The van der Waals surface area contributed by atoms with Crippen molar-refractivity contribution in [3.8, 4) is 5.75 Å². The summed E-state index contributed by atoms with van der Waals surface area (Å²) < 4.78 is 71.0. The molecule has 0 unspecified atom stereocenters. The van der Waals surface area contributed by atoms with Crippen molar-refractivity contribution in [3.63, 3.8) is 0 Å². The van der Waals surface area contributed by atoms with Gasteiger partial charge in [-0.15, -0.1) is 0 Å². The van der Waals surface area contributed by atoms with E-state index in [1.165, 1.54) is 18.1 Å². The molecule has 0 spiro atoms. The van der Waals surface area contributed by atoms with Crippen molar-refractivity contribution < 1.29 is 35.9 Å². The van der Waals surface area contributed by atoms with E-state index in [4.69, 9.17) is 4.74 Å². The van der Waals surface area contributed by atoms with Crippen LogP contribution in [0.3, 0.4) is 0 Å². The molecule has 0 heterocycles. The summed E-state index contributed by atoms with van der Waals surface area (Å²) in [5.41, 5.74) is -0.731. The van der Waals surface area contributed by atoms with Crippen LogP contribution in [0.1, 0.15) is 44.2 Å². The smallest absolute Gasteiger partial charge is 0.416 e. The third-order valence-corrected chi connectivity index (χ3v) is 6.98.